The molecule has 26 heavy (non-hydrogen) atoms. The lowest BCUT2D eigenvalue weighted by molar-refractivity contribution is 0.551. The topological polar surface area (TPSA) is 55.4 Å². The Morgan fingerprint density at radius 1 is 1.23 bits per heavy atom. The van der Waals surface area contributed by atoms with Crippen LogP contribution in [0.1, 0.15) is 24.7 Å². The average Bonchev–Trinajstić information content (AvgIpc) is 3.29. The minimum absolute atomic E-state index is 0.0156. The van der Waals surface area contributed by atoms with Gasteiger partial charge in [0.25, 0.3) is 5.56 Å². The highest BCUT2D eigenvalue weighted by Crippen LogP contribution is 2.32. The number of fused-ring (bicyclic) bond motifs is 4. The van der Waals surface area contributed by atoms with Gasteiger partial charge in [0, 0.05) is 18.8 Å². The van der Waals surface area contributed by atoms with Gasteiger partial charge < -0.3 is 4.90 Å². The second-order valence-electron chi connectivity index (χ2n) is 6.90. The van der Waals surface area contributed by atoms with Crippen molar-refractivity contribution in [2.24, 2.45) is 7.05 Å². The molecular weight excluding hydrogens is 346 g/mol. The van der Waals surface area contributed by atoms with Crippen molar-refractivity contribution in [2.45, 2.75) is 32.4 Å². The summed E-state index contributed by atoms with van der Waals surface area (Å²) in [5.41, 5.74) is 3.53. The molecule has 0 fully saturated rings. The molecule has 6 nitrogen and oxygen atoms in total. The van der Waals surface area contributed by atoms with E-state index >= 15 is 0 Å². The van der Waals surface area contributed by atoms with E-state index in [-0.39, 0.29) is 5.56 Å². The number of benzene rings is 1. The Hall–Kier alpha value is -2.67. The van der Waals surface area contributed by atoms with E-state index in [1.807, 2.05) is 15.8 Å². The van der Waals surface area contributed by atoms with Crippen LogP contribution in [0.4, 0.5) is 5.69 Å². The molecule has 0 aliphatic carbocycles. The smallest absolute Gasteiger partial charge is 0.272 e. The zero-order valence-electron chi connectivity index (χ0n) is 14.7. The highest BCUT2D eigenvalue weighted by atomic mass is 32.1. The first-order chi connectivity index (χ1) is 12.6. The Labute approximate surface area is 154 Å². The monoisotopic (exact) mass is 365 g/mol. The lowest BCUT2D eigenvalue weighted by atomic mass is 9.97. The van der Waals surface area contributed by atoms with Crippen molar-refractivity contribution >= 4 is 33.0 Å². The number of nitrogens with zero attached hydrogens (tertiary/aromatic N) is 5. The molecule has 4 heterocycles. The van der Waals surface area contributed by atoms with Gasteiger partial charge in [-0.1, -0.05) is 18.2 Å². The molecule has 5 rings (SSSR count). The number of hydrogen-bond donors (Lipinski definition) is 0. The molecule has 0 radical (unpaired) electrons. The van der Waals surface area contributed by atoms with Gasteiger partial charge in [0.05, 0.1) is 12.1 Å². The Morgan fingerprint density at radius 2 is 2.08 bits per heavy atom. The number of aryl methyl sites for hydroxylation is 2. The van der Waals surface area contributed by atoms with Gasteiger partial charge in [0.2, 0.25) is 5.78 Å². The third-order valence-electron chi connectivity index (χ3n) is 5.37. The summed E-state index contributed by atoms with van der Waals surface area (Å²) in [6.45, 7) is 2.93. The van der Waals surface area contributed by atoms with Crippen LogP contribution in [-0.2, 0) is 20.0 Å². The van der Waals surface area contributed by atoms with Crippen molar-refractivity contribution in [3.63, 3.8) is 0 Å². The molecule has 1 aromatic carbocycles. The van der Waals surface area contributed by atoms with Crippen molar-refractivity contribution < 1.29 is 0 Å². The first kappa shape index (κ1) is 15.6. The normalized spacial score (nSPS) is 17.2. The largest absolute Gasteiger partial charge is 0.361 e. The van der Waals surface area contributed by atoms with Crippen molar-refractivity contribution in [1.29, 1.82) is 0 Å². The fourth-order valence-corrected chi connectivity index (χ4v) is 4.76. The first-order valence-electron chi connectivity index (χ1n) is 8.80. The second kappa shape index (κ2) is 5.67. The number of rotatable bonds is 2. The van der Waals surface area contributed by atoms with Crippen LogP contribution in [0.5, 0.6) is 0 Å². The molecular formula is C19H19N5OS. The van der Waals surface area contributed by atoms with Crippen LogP contribution >= 0.6 is 11.3 Å². The summed E-state index contributed by atoms with van der Waals surface area (Å²) < 4.78 is 4.35. The van der Waals surface area contributed by atoms with E-state index in [0.29, 0.717) is 18.4 Å². The average molecular weight is 365 g/mol. The molecule has 0 unspecified atom stereocenters. The minimum atomic E-state index is -0.0156. The van der Waals surface area contributed by atoms with E-state index in [0.717, 1.165) is 28.9 Å². The molecule has 0 spiro atoms. The van der Waals surface area contributed by atoms with E-state index in [2.05, 4.69) is 46.3 Å². The van der Waals surface area contributed by atoms with Crippen LogP contribution < -0.4 is 10.5 Å². The van der Waals surface area contributed by atoms with Gasteiger partial charge in [0.1, 0.15) is 4.70 Å². The Bertz CT molecular complexity index is 1190. The van der Waals surface area contributed by atoms with Gasteiger partial charge in [-0.05, 0) is 42.8 Å². The maximum atomic E-state index is 12.5. The summed E-state index contributed by atoms with van der Waals surface area (Å²) in [5, 5.41) is 10.7. The predicted molar refractivity (Wildman–Crippen MR) is 104 cm³/mol. The third kappa shape index (κ3) is 2.13. The molecule has 132 valence electrons. The molecule has 0 bridgehead atoms. The molecule has 0 amide bonds. The Kier molecular flexibility index (Phi) is 3.40. The highest BCUT2D eigenvalue weighted by molar-refractivity contribution is 7.17. The van der Waals surface area contributed by atoms with Gasteiger partial charge in [-0.25, -0.2) is 0 Å². The molecule has 0 saturated carbocycles. The predicted octanol–water partition coefficient (Wildman–Crippen LogP) is 2.98. The van der Waals surface area contributed by atoms with Gasteiger partial charge >= 0.3 is 0 Å². The van der Waals surface area contributed by atoms with E-state index in [1.165, 1.54) is 22.6 Å². The molecule has 4 aromatic rings. The van der Waals surface area contributed by atoms with Crippen molar-refractivity contribution in [2.75, 3.05) is 4.90 Å². The molecule has 7 heteroatoms. The summed E-state index contributed by atoms with van der Waals surface area (Å²) in [5.74, 6) is 1.46. The number of thiophene rings is 1. The van der Waals surface area contributed by atoms with Crippen LogP contribution in [-0.4, -0.2) is 25.2 Å². The van der Waals surface area contributed by atoms with Crippen LogP contribution in [0.25, 0.3) is 16.0 Å². The van der Waals surface area contributed by atoms with Crippen molar-refractivity contribution in [3.8, 4) is 0 Å². The lowest BCUT2D eigenvalue weighted by Gasteiger charge is -2.36. The number of hydrogen-bond acceptors (Lipinski definition) is 5. The quantitative estimate of drug-likeness (QED) is 0.548. The molecule has 3 aromatic heterocycles. The van der Waals surface area contributed by atoms with E-state index in [9.17, 15) is 4.79 Å². The molecule has 0 saturated heterocycles. The Balaban J connectivity index is 1.69. The third-order valence-corrected chi connectivity index (χ3v) is 6.27. The zero-order valence-corrected chi connectivity index (χ0v) is 15.5. The fourth-order valence-electron chi connectivity index (χ4n) is 3.91. The minimum Gasteiger partial charge on any atom is -0.361 e. The van der Waals surface area contributed by atoms with E-state index in [4.69, 9.17) is 0 Å². The summed E-state index contributed by atoms with van der Waals surface area (Å²) in [4.78, 5) is 14.9. The number of para-hydroxylation sites is 1. The summed E-state index contributed by atoms with van der Waals surface area (Å²) in [6, 6.07) is 11.0. The lowest BCUT2D eigenvalue weighted by Crippen LogP contribution is -2.37. The maximum absolute atomic E-state index is 12.5. The standard InChI is InChI=1S/C19H19N5OS/c1-12-7-8-13-5-3-4-6-14(13)23(12)11-16-20-21-19-22(2)18(25)17-15(24(16)19)9-10-26-17/h3-6,9-10,12H,7-8,11H2,1-2H3/t12-/m0/s1. The molecule has 1 atom stereocenters. The second-order valence-corrected chi connectivity index (χ2v) is 7.81. The van der Waals surface area contributed by atoms with Gasteiger partial charge in [-0.2, -0.15) is 0 Å². The van der Waals surface area contributed by atoms with Gasteiger partial charge in [0.15, 0.2) is 5.82 Å². The number of aromatic nitrogens is 4. The van der Waals surface area contributed by atoms with Crippen molar-refractivity contribution in [3.05, 3.63) is 57.5 Å². The van der Waals surface area contributed by atoms with Gasteiger partial charge in [-0.15, -0.1) is 21.5 Å². The Morgan fingerprint density at radius 3 is 2.96 bits per heavy atom. The van der Waals surface area contributed by atoms with Crippen LogP contribution in [0, 0.1) is 0 Å². The SMILES string of the molecule is C[C@H]1CCc2ccccc2N1Cc1nnc2n(C)c(=O)c3sccc3n12. The van der Waals surface area contributed by atoms with Crippen LogP contribution in [0.3, 0.4) is 0 Å². The zero-order chi connectivity index (χ0) is 17.8. The molecule has 1 aliphatic heterocycles. The van der Waals surface area contributed by atoms with E-state index in [1.54, 1.807) is 11.6 Å². The first-order valence-corrected chi connectivity index (χ1v) is 9.68. The fraction of sp³-hybridized carbons (Fsp3) is 0.316. The summed E-state index contributed by atoms with van der Waals surface area (Å²) in [6.07, 6.45) is 2.23. The molecule has 1 aliphatic rings. The van der Waals surface area contributed by atoms with E-state index < -0.39 is 0 Å². The van der Waals surface area contributed by atoms with Gasteiger partial charge in [-0.3, -0.25) is 13.8 Å². The van der Waals surface area contributed by atoms with Crippen molar-refractivity contribution in [1.82, 2.24) is 19.2 Å². The van der Waals surface area contributed by atoms with Crippen LogP contribution in [0.2, 0.25) is 0 Å². The summed E-state index contributed by atoms with van der Waals surface area (Å²) >= 11 is 1.47. The maximum Gasteiger partial charge on any atom is 0.272 e. The highest BCUT2D eigenvalue weighted by Gasteiger charge is 2.25. The molecule has 0 N–H and O–H groups in total. The van der Waals surface area contributed by atoms with Crippen LogP contribution in [0.15, 0.2) is 40.5 Å². The summed E-state index contributed by atoms with van der Waals surface area (Å²) in [7, 11) is 1.76. The number of anilines is 1.